The zero-order chi connectivity index (χ0) is 54.3. The highest BCUT2D eigenvalue weighted by atomic mass is 16.7. The average molecular weight is 1050 g/mol. The van der Waals surface area contributed by atoms with Crippen LogP contribution in [-0.4, -0.2) is 194 Å². The van der Waals surface area contributed by atoms with Gasteiger partial charge in [-0.2, -0.15) is 0 Å². The molecule has 1 amide bonds. The number of benzene rings is 1. The third-order valence-corrected chi connectivity index (χ3v) is 15.4. The largest absolute Gasteiger partial charge is 0.507 e. The fourth-order valence-corrected chi connectivity index (χ4v) is 11.8. The van der Waals surface area contributed by atoms with E-state index >= 15 is 9.59 Å². The van der Waals surface area contributed by atoms with E-state index in [-0.39, 0.29) is 30.4 Å². The van der Waals surface area contributed by atoms with Gasteiger partial charge in [0, 0.05) is 68.9 Å². The van der Waals surface area contributed by atoms with Crippen LogP contribution in [-0.2, 0) is 61.7 Å². The number of esters is 2. The molecular formula is C50H67NO23. The second kappa shape index (κ2) is 20.8. The maximum atomic E-state index is 15.2. The molecule has 0 aromatic heterocycles. The van der Waals surface area contributed by atoms with Gasteiger partial charge in [0.1, 0.15) is 36.3 Å². The summed E-state index contributed by atoms with van der Waals surface area (Å²) in [6.45, 7) is 11.3. The Hall–Kier alpha value is -4.51. The quantitative estimate of drug-likeness (QED) is 0.0849. The number of carbonyl (C=O) groups is 5. The molecule has 4 saturated heterocycles. The number of phenolic OH excluding ortho intramolecular Hbond substituents is 1. The lowest BCUT2D eigenvalue weighted by molar-refractivity contribution is -0.336. The number of aliphatic hydroxyl groups excluding tert-OH is 3. The lowest BCUT2D eigenvalue weighted by atomic mass is 9.54. The van der Waals surface area contributed by atoms with Crippen molar-refractivity contribution in [1.82, 2.24) is 0 Å². The van der Waals surface area contributed by atoms with E-state index in [4.69, 9.17) is 57.8 Å². The van der Waals surface area contributed by atoms with Crippen molar-refractivity contribution in [2.24, 2.45) is 5.73 Å². The molecule has 1 aromatic rings. The van der Waals surface area contributed by atoms with Gasteiger partial charge in [-0.25, -0.2) is 4.79 Å². The summed E-state index contributed by atoms with van der Waals surface area (Å²) in [5.74, 6) is -5.41. The van der Waals surface area contributed by atoms with Crippen LogP contribution in [0.2, 0.25) is 0 Å². The minimum Gasteiger partial charge on any atom is -0.507 e. The highest BCUT2D eigenvalue weighted by Crippen LogP contribution is 2.56. The first-order valence-corrected chi connectivity index (χ1v) is 24.6. The van der Waals surface area contributed by atoms with E-state index in [1.54, 1.807) is 27.7 Å². The van der Waals surface area contributed by atoms with Gasteiger partial charge in [0.2, 0.25) is 0 Å². The van der Waals surface area contributed by atoms with E-state index in [2.05, 4.69) is 0 Å². The number of methoxy groups -OCH3 is 1. The highest BCUT2D eigenvalue weighted by molar-refractivity contribution is 6.29. The molecule has 9 N–H and O–H groups in total. The van der Waals surface area contributed by atoms with E-state index in [0.29, 0.717) is 12.8 Å². The van der Waals surface area contributed by atoms with Crippen molar-refractivity contribution in [2.45, 2.75) is 215 Å². The van der Waals surface area contributed by atoms with Crippen LogP contribution >= 0.6 is 0 Å². The molecule has 0 saturated carbocycles. The summed E-state index contributed by atoms with van der Waals surface area (Å²) in [4.78, 5) is 67.7. The van der Waals surface area contributed by atoms with Crippen molar-refractivity contribution in [2.75, 3.05) is 7.11 Å². The van der Waals surface area contributed by atoms with Crippen molar-refractivity contribution >= 4 is 29.6 Å². The molecule has 3 aliphatic carbocycles. The standard InChI is InChI=1S/C50H67NO23/c1-18-14-31(72-33-16-30(64-9)43(21(4)67-33)74-47(51)60)49(62)37-36(42(59)46(70-24(7)53)50(49,63)44(18)69-23(6)52)41(58)35-26(40(37)57)11-10-25(39(35)56)28-15-29(38(55)20(3)65-28)71-34-17-48(8,61)45(22(5)68-34)73-32-13-12-27(54)19(2)66-32/h10-11,14,19-22,27-34,38,42-46,54-56,59,61-63H,12-13,15-17H2,1-9H3,(H2,51,60). The second-order valence-electron chi connectivity index (χ2n) is 20.6. The average Bonchev–Trinajstić information content (AvgIpc) is 3.30. The molecule has 24 heteroatoms. The molecule has 0 bridgehead atoms. The Bertz CT molecular complexity index is 2440. The number of aromatic hydroxyl groups is 1. The van der Waals surface area contributed by atoms with Crippen LogP contribution < -0.4 is 5.73 Å². The van der Waals surface area contributed by atoms with Gasteiger partial charge >= 0.3 is 18.0 Å². The van der Waals surface area contributed by atoms with Gasteiger partial charge < -0.3 is 93.6 Å². The summed E-state index contributed by atoms with van der Waals surface area (Å²) in [6.07, 6.45) is -21.7. The highest BCUT2D eigenvalue weighted by Gasteiger charge is 2.76. The lowest BCUT2D eigenvalue weighted by Crippen LogP contribution is -2.80. The maximum absolute atomic E-state index is 15.2. The van der Waals surface area contributed by atoms with Crippen molar-refractivity contribution < 1.29 is 112 Å². The fourth-order valence-electron chi connectivity index (χ4n) is 11.8. The number of primary amides is 1. The van der Waals surface area contributed by atoms with Crippen LogP contribution in [0.4, 0.5) is 4.79 Å². The number of fused-ring (bicyclic) bond motifs is 3. The number of ether oxygens (including phenoxy) is 11. The number of hydrogen-bond acceptors (Lipinski definition) is 23. The smallest absolute Gasteiger partial charge is 0.404 e. The van der Waals surface area contributed by atoms with Crippen LogP contribution in [0.25, 0.3) is 0 Å². The first kappa shape index (κ1) is 55.7. The lowest BCUT2D eigenvalue weighted by Gasteiger charge is -2.59. The van der Waals surface area contributed by atoms with Crippen molar-refractivity contribution in [1.29, 1.82) is 0 Å². The summed E-state index contributed by atoms with van der Waals surface area (Å²) < 4.78 is 64.8. The first-order chi connectivity index (χ1) is 34.6. The molecule has 0 radical (unpaired) electrons. The minimum absolute atomic E-state index is 0.0194. The summed E-state index contributed by atoms with van der Waals surface area (Å²) in [5, 5.41) is 84.1. The number of aliphatic hydroxyl groups is 6. The Morgan fingerprint density at radius 1 is 0.757 bits per heavy atom. The van der Waals surface area contributed by atoms with Gasteiger partial charge in [-0.05, 0) is 65.7 Å². The number of amides is 1. The van der Waals surface area contributed by atoms with Gasteiger partial charge in [0.05, 0.1) is 53.9 Å². The van der Waals surface area contributed by atoms with Crippen molar-refractivity contribution in [3.8, 4) is 5.75 Å². The molecular weight excluding hydrogens is 983 g/mol. The molecule has 410 valence electrons. The van der Waals surface area contributed by atoms with Gasteiger partial charge in [0.25, 0.3) is 0 Å². The van der Waals surface area contributed by atoms with E-state index in [0.717, 1.165) is 19.9 Å². The Labute approximate surface area is 425 Å². The Morgan fingerprint density at radius 3 is 2.04 bits per heavy atom. The number of hydrogen-bond donors (Lipinski definition) is 8. The first-order valence-electron chi connectivity index (χ1n) is 24.6. The molecule has 0 spiro atoms. The number of rotatable bonds is 11. The normalized spacial score (nSPS) is 43.3. The van der Waals surface area contributed by atoms with Crippen molar-refractivity contribution in [3.63, 3.8) is 0 Å². The van der Waals surface area contributed by atoms with Gasteiger partial charge in [-0.1, -0.05) is 6.07 Å². The fraction of sp³-hybridized carbons (Fsp3) is 0.700. The SMILES string of the molecule is COC1CC(OC2C=C(C)C(OC(C)=O)C3(O)C(OC(C)=O)C(O)C4=C(C(=O)c5ccc(C6CC(OC7CC(C)(O)C(OC8CCC(O)C(C)O8)C(C)O7)C(O)C(C)O6)c(O)c5C4=O)C23O)OC(C)C1OC(N)=O. The summed E-state index contributed by atoms with van der Waals surface area (Å²) in [7, 11) is 1.32. The predicted molar refractivity (Wildman–Crippen MR) is 246 cm³/mol. The molecule has 7 aliphatic rings. The van der Waals surface area contributed by atoms with Gasteiger partial charge in [0.15, 0.2) is 60.0 Å². The van der Waals surface area contributed by atoms with Crippen LogP contribution in [0.1, 0.15) is 120 Å². The van der Waals surface area contributed by atoms with Crippen LogP contribution in [0.3, 0.4) is 0 Å². The zero-order valence-electron chi connectivity index (χ0n) is 42.4. The number of carbonyl (C=O) groups excluding carboxylic acids is 5. The van der Waals surface area contributed by atoms with E-state index < -0.39 is 185 Å². The molecule has 24 nitrogen and oxygen atoms in total. The van der Waals surface area contributed by atoms with Gasteiger partial charge in [-0.15, -0.1) is 0 Å². The second-order valence-corrected chi connectivity index (χ2v) is 20.6. The molecule has 4 fully saturated rings. The van der Waals surface area contributed by atoms with Gasteiger partial charge in [-0.3, -0.25) is 19.2 Å². The molecule has 4 heterocycles. The number of phenols is 1. The molecule has 4 aliphatic heterocycles. The van der Waals surface area contributed by atoms with Crippen LogP contribution in [0.15, 0.2) is 34.9 Å². The molecule has 1 aromatic carbocycles. The number of ketones is 2. The third-order valence-electron chi connectivity index (χ3n) is 15.4. The van der Waals surface area contributed by atoms with Crippen LogP contribution in [0.5, 0.6) is 5.75 Å². The molecule has 21 atom stereocenters. The van der Waals surface area contributed by atoms with Crippen molar-refractivity contribution in [3.05, 3.63) is 51.6 Å². The third kappa shape index (κ3) is 9.69. The topological polar surface area (TPSA) is 355 Å². The van der Waals surface area contributed by atoms with E-state index in [1.165, 1.54) is 33.1 Å². The summed E-state index contributed by atoms with van der Waals surface area (Å²) in [6, 6.07) is 2.44. The van der Waals surface area contributed by atoms with Crippen LogP contribution in [0, 0.1) is 0 Å². The zero-order valence-corrected chi connectivity index (χ0v) is 42.4. The Balaban J connectivity index is 1.13. The predicted octanol–water partition coefficient (Wildman–Crippen LogP) is 0.480. The monoisotopic (exact) mass is 1050 g/mol. The summed E-state index contributed by atoms with van der Waals surface area (Å²) in [5.41, 5.74) is -5.83. The maximum Gasteiger partial charge on any atom is 0.404 e. The Morgan fingerprint density at radius 2 is 1.42 bits per heavy atom. The number of nitrogens with two attached hydrogens (primary N) is 1. The Kier molecular flexibility index (Phi) is 15.7. The molecule has 21 unspecified atom stereocenters. The van der Waals surface area contributed by atoms with E-state index in [1.807, 2.05) is 0 Å². The van der Waals surface area contributed by atoms with E-state index in [9.17, 15) is 50.1 Å². The summed E-state index contributed by atoms with van der Waals surface area (Å²) >= 11 is 0. The molecule has 8 rings (SSSR count). The molecule has 74 heavy (non-hydrogen) atoms. The minimum atomic E-state index is -3.26. The number of Topliss-reactive ketones (excluding diaryl/α,β-unsaturated/α-hetero) is 2.